The minimum absolute atomic E-state index is 0.719. The van der Waals surface area contributed by atoms with E-state index < -0.39 is 0 Å². The highest BCUT2D eigenvalue weighted by atomic mass is 32.1. The van der Waals surface area contributed by atoms with E-state index in [-0.39, 0.29) is 0 Å². The molecule has 0 aliphatic heterocycles. The van der Waals surface area contributed by atoms with Crippen LogP contribution in [0, 0.1) is 0 Å². The molecule has 0 saturated heterocycles. The topological polar surface area (TPSA) is 30.7 Å². The van der Waals surface area contributed by atoms with Crippen molar-refractivity contribution in [1.82, 2.24) is 14.5 Å². The lowest BCUT2D eigenvalue weighted by Crippen LogP contribution is -1.94. The molecule has 0 radical (unpaired) electrons. The third kappa shape index (κ3) is 5.42. The van der Waals surface area contributed by atoms with Crippen LogP contribution in [-0.4, -0.2) is 14.5 Å². The molecule has 0 spiro atoms. The lowest BCUT2D eigenvalue weighted by atomic mass is 9.96. The number of hydrogen-bond acceptors (Lipinski definition) is 3. The van der Waals surface area contributed by atoms with E-state index in [1.54, 1.807) is 11.3 Å². The zero-order chi connectivity index (χ0) is 37.0. The molecule has 11 aromatic rings. The molecular formula is C52H33N3S. The van der Waals surface area contributed by atoms with Crippen LogP contribution in [0.15, 0.2) is 200 Å². The predicted molar refractivity (Wildman–Crippen MR) is 236 cm³/mol. The van der Waals surface area contributed by atoms with Gasteiger partial charge in [-0.1, -0.05) is 152 Å². The fourth-order valence-electron chi connectivity index (χ4n) is 8.24. The van der Waals surface area contributed by atoms with E-state index in [9.17, 15) is 0 Å². The molecule has 0 fully saturated rings. The Kier molecular flexibility index (Phi) is 7.68. The highest BCUT2D eigenvalue weighted by Crippen LogP contribution is 2.43. The van der Waals surface area contributed by atoms with Gasteiger partial charge in [-0.3, -0.25) is 0 Å². The average Bonchev–Trinajstić information content (AvgIpc) is 3.83. The zero-order valence-electron chi connectivity index (χ0n) is 30.3. The van der Waals surface area contributed by atoms with Crippen molar-refractivity contribution >= 4 is 53.4 Å². The third-order valence-corrected chi connectivity index (χ3v) is 11.9. The number of hydrogen-bond donors (Lipinski definition) is 0. The number of nitrogens with zero attached hydrogens (tertiary/aromatic N) is 3. The summed E-state index contributed by atoms with van der Waals surface area (Å²) in [6.45, 7) is 0. The molecule has 11 rings (SSSR count). The Morgan fingerprint density at radius 1 is 0.375 bits per heavy atom. The minimum Gasteiger partial charge on any atom is -0.309 e. The molecule has 0 unspecified atom stereocenters. The minimum atomic E-state index is 0.719. The smallest absolute Gasteiger partial charge is 0.161 e. The van der Waals surface area contributed by atoms with Crippen molar-refractivity contribution in [2.45, 2.75) is 0 Å². The van der Waals surface area contributed by atoms with Crippen LogP contribution in [0.2, 0.25) is 0 Å². The number of thiophene rings is 1. The standard InChI is InChI=1S/C52H33N3S/c1-4-15-34(16-5-1)36-19-12-21-39(31-36)50-49-43-25-10-11-28-47(43)56-52(49)54-51(53-50)40-22-13-20-38(32-40)42-26-14-27-46-48(42)44-33-37(35-17-6-2-7-18-35)29-30-45(44)55(46)41-23-8-3-9-24-41/h1-33H. The van der Waals surface area contributed by atoms with Crippen LogP contribution in [0.25, 0.3) is 104 Å². The van der Waals surface area contributed by atoms with Gasteiger partial charge in [-0.05, 0) is 81.9 Å². The van der Waals surface area contributed by atoms with E-state index in [0.717, 1.165) is 49.7 Å². The number of rotatable bonds is 6. The summed E-state index contributed by atoms with van der Waals surface area (Å²) in [6, 6.07) is 71.5. The first-order chi connectivity index (χ1) is 27.8. The molecule has 3 aromatic heterocycles. The number of para-hydroxylation sites is 1. The molecule has 0 saturated carbocycles. The molecule has 0 bridgehead atoms. The van der Waals surface area contributed by atoms with Crippen molar-refractivity contribution in [3.8, 4) is 61.7 Å². The Labute approximate surface area is 328 Å². The summed E-state index contributed by atoms with van der Waals surface area (Å²) in [5, 5.41) is 4.73. The third-order valence-electron chi connectivity index (χ3n) is 10.8. The van der Waals surface area contributed by atoms with Crippen LogP contribution in [0.1, 0.15) is 0 Å². The van der Waals surface area contributed by atoms with E-state index in [1.165, 1.54) is 54.1 Å². The SMILES string of the molecule is c1ccc(-c2cccc(-c3nc(-c4cccc(-c5cccc6c5c5cc(-c7ccccc7)ccc5n6-c5ccccc5)c4)nc4sc5ccccc5c34)c2)cc1. The van der Waals surface area contributed by atoms with Gasteiger partial charge in [0.25, 0.3) is 0 Å². The summed E-state index contributed by atoms with van der Waals surface area (Å²) in [5.74, 6) is 0.719. The van der Waals surface area contributed by atoms with Crippen molar-refractivity contribution in [3.05, 3.63) is 200 Å². The number of fused-ring (bicyclic) bond motifs is 6. The largest absolute Gasteiger partial charge is 0.309 e. The van der Waals surface area contributed by atoms with Gasteiger partial charge >= 0.3 is 0 Å². The Hall–Kier alpha value is -7.14. The summed E-state index contributed by atoms with van der Waals surface area (Å²) in [6.07, 6.45) is 0. The van der Waals surface area contributed by atoms with Gasteiger partial charge in [-0.2, -0.15) is 0 Å². The maximum Gasteiger partial charge on any atom is 0.161 e. The Morgan fingerprint density at radius 2 is 0.982 bits per heavy atom. The molecule has 4 heteroatoms. The highest BCUT2D eigenvalue weighted by Gasteiger charge is 2.20. The van der Waals surface area contributed by atoms with Crippen molar-refractivity contribution in [3.63, 3.8) is 0 Å². The second-order valence-electron chi connectivity index (χ2n) is 14.2. The summed E-state index contributed by atoms with van der Waals surface area (Å²) in [4.78, 5) is 11.7. The monoisotopic (exact) mass is 731 g/mol. The van der Waals surface area contributed by atoms with Gasteiger partial charge in [0.15, 0.2) is 5.82 Å². The van der Waals surface area contributed by atoms with Crippen LogP contribution in [0.4, 0.5) is 0 Å². The van der Waals surface area contributed by atoms with Crippen LogP contribution < -0.4 is 0 Å². The van der Waals surface area contributed by atoms with Gasteiger partial charge < -0.3 is 4.57 Å². The first-order valence-corrected chi connectivity index (χ1v) is 19.7. The fourth-order valence-corrected chi connectivity index (χ4v) is 9.32. The van der Waals surface area contributed by atoms with Crippen LogP contribution in [0.3, 0.4) is 0 Å². The lowest BCUT2D eigenvalue weighted by Gasteiger charge is -2.11. The molecule has 8 aromatic carbocycles. The van der Waals surface area contributed by atoms with Gasteiger partial charge in [0.05, 0.1) is 16.7 Å². The maximum absolute atomic E-state index is 5.43. The summed E-state index contributed by atoms with van der Waals surface area (Å²) >= 11 is 1.73. The van der Waals surface area contributed by atoms with E-state index in [4.69, 9.17) is 9.97 Å². The Bertz CT molecular complexity index is 3240. The van der Waals surface area contributed by atoms with Crippen LogP contribution >= 0.6 is 11.3 Å². The summed E-state index contributed by atoms with van der Waals surface area (Å²) in [5.41, 5.74) is 13.5. The normalized spacial score (nSPS) is 11.6. The number of aromatic nitrogens is 3. The summed E-state index contributed by atoms with van der Waals surface area (Å²) in [7, 11) is 0. The van der Waals surface area contributed by atoms with Crippen LogP contribution in [-0.2, 0) is 0 Å². The van der Waals surface area contributed by atoms with Gasteiger partial charge in [-0.15, -0.1) is 11.3 Å². The molecule has 0 amide bonds. The van der Waals surface area contributed by atoms with E-state index in [1.807, 2.05) is 0 Å². The highest BCUT2D eigenvalue weighted by molar-refractivity contribution is 7.25. The Balaban J connectivity index is 1.12. The van der Waals surface area contributed by atoms with Gasteiger partial charge in [0, 0.05) is 43.1 Å². The zero-order valence-corrected chi connectivity index (χ0v) is 31.1. The van der Waals surface area contributed by atoms with Gasteiger partial charge in [0.2, 0.25) is 0 Å². The predicted octanol–water partition coefficient (Wildman–Crippen LogP) is 14.3. The second kappa shape index (κ2) is 13.3. The molecule has 0 aliphatic rings. The quantitative estimate of drug-likeness (QED) is 0.170. The molecule has 0 N–H and O–H groups in total. The van der Waals surface area contributed by atoms with Crippen molar-refractivity contribution in [1.29, 1.82) is 0 Å². The van der Waals surface area contributed by atoms with Crippen molar-refractivity contribution in [2.24, 2.45) is 0 Å². The lowest BCUT2D eigenvalue weighted by molar-refractivity contribution is 1.18. The molecular weight excluding hydrogens is 699 g/mol. The molecule has 56 heavy (non-hydrogen) atoms. The molecule has 262 valence electrons. The molecule has 3 heterocycles. The first kappa shape index (κ1) is 32.3. The van der Waals surface area contributed by atoms with Crippen molar-refractivity contribution in [2.75, 3.05) is 0 Å². The van der Waals surface area contributed by atoms with Gasteiger partial charge in [0.1, 0.15) is 4.83 Å². The van der Waals surface area contributed by atoms with E-state index >= 15 is 0 Å². The van der Waals surface area contributed by atoms with Crippen molar-refractivity contribution < 1.29 is 0 Å². The van der Waals surface area contributed by atoms with E-state index in [2.05, 4.69) is 205 Å². The van der Waals surface area contributed by atoms with E-state index in [0.29, 0.717) is 0 Å². The van der Waals surface area contributed by atoms with Gasteiger partial charge in [-0.25, -0.2) is 9.97 Å². The Morgan fingerprint density at radius 3 is 1.77 bits per heavy atom. The number of benzene rings is 8. The van der Waals surface area contributed by atoms with Crippen LogP contribution in [0.5, 0.6) is 0 Å². The maximum atomic E-state index is 5.43. The average molecular weight is 732 g/mol. The first-order valence-electron chi connectivity index (χ1n) is 18.9. The fraction of sp³-hybridized carbons (Fsp3) is 0. The molecule has 0 aliphatic carbocycles. The molecule has 3 nitrogen and oxygen atoms in total. The summed E-state index contributed by atoms with van der Waals surface area (Å²) < 4.78 is 3.60. The second-order valence-corrected chi connectivity index (χ2v) is 15.2. The molecule has 0 atom stereocenters.